The standard InChI is InChI=1S/C22H24N2O7/c1-28-15-12-19(30-3)16(20(13-15)31-4)6-8-21(25)24-14-5-7-18(29-2)17(11-14)23-10-9-22(26)27/h5-13,23H,1-4H3,(H,24,25)(H,26,27). The highest BCUT2D eigenvalue weighted by Crippen LogP contribution is 2.35. The van der Waals surface area contributed by atoms with Crippen molar-refractivity contribution < 1.29 is 33.6 Å². The Morgan fingerprint density at radius 2 is 1.52 bits per heavy atom. The number of carboxylic acid groups (broad SMARTS) is 1. The van der Waals surface area contributed by atoms with Crippen LogP contribution in [-0.2, 0) is 9.59 Å². The summed E-state index contributed by atoms with van der Waals surface area (Å²) in [6, 6.07) is 8.29. The summed E-state index contributed by atoms with van der Waals surface area (Å²) in [6.45, 7) is 0. The van der Waals surface area contributed by atoms with Crippen molar-refractivity contribution in [3.63, 3.8) is 0 Å². The van der Waals surface area contributed by atoms with Gasteiger partial charge in [0.05, 0.1) is 39.7 Å². The first-order valence-electron chi connectivity index (χ1n) is 9.05. The van der Waals surface area contributed by atoms with Crippen molar-refractivity contribution in [3.05, 3.63) is 54.2 Å². The molecule has 0 aliphatic carbocycles. The Morgan fingerprint density at radius 1 is 0.871 bits per heavy atom. The van der Waals surface area contributed by atoms with E-state index < -0.39 is 11.9 Å². The fourth-order valence-corrected chi connectivity index (χ4v) is 2.64. The molecule has 3 N–H and O–H groups in total. The van der Waals surface area contributed by atoms with Gasteiger partial charge in [-0.15, -0.1) is 0 Å². The van der Waals surface area contributed by atoms with Gasteiger partial charge in [-0.05, 0) is 24.3 Å². The average molecular weight is 428 g/mol. The molecule has 0 heterocycles. The molecule has 1 amide bonds. The Hall–Kier alpha value is -4.14. The Labute approximate surface area is 179 Å². The van der Waals surface area contributed by atoms with E-state index in [1.165, 1.54) is 40.7 Å². The number of carbonyl (C=O) groups excluding carboxylic acids is 1. The van der Waals surface area contributed by atoms with Gasteiger partial charge >= 0.3 is 5.97 Å². The lowest BCUT2D eigenvalue weighted by molar-refractivity contribution is -0.131. The van der Waals surface area contributed by atoms with E-state index in [2.05, 4.69) is 10.6 Å². The number of benzene rings is 2. The highest BCUT2D eigenvalue weighted by molar-refractivity contribution is 6.02. The van der Waals surface area contributed by atoms with Crippen molar-refractivity contribution in [1.82, 2.24) is 0 Å². The van der Waals surface area contributed by atoms with Crippen LogP contribution in [0.15, 0.2) is 48.7 Å². The van der Waals surface area contributed by atoms with Crippen molar-refractivity contribution >= 4 is 29.3 Å². The van der Waals surface area contributed by atoms with Gasteiger partial charge in [0.15, 0.2) is 0 Å². The minimum Gasteiger partial charge on any atom is -0.496 e. The Balaban J connectivity index is 2.21. The quantitative estimate of drug-likeness (QED) is 0.494. The van der Waals surface area contributed by atoms with Gasteiger partial charge in [0.25, 0.3) is 0 Å². The van der Waals surface area contributed by atoms with Gasteiger partial charge in [0.1, 0.15) is 23.0 Å². The molecule has 0 aliphatic heterocycles. The lowest BCUT2D eigenvalue weighted by atomic mass is 10.1. The molecule has 0 atom stereocenters. The third-order valence-electron chi connectivity index (χ3n) is 4.09. The number of hydrogen-bond donors (Lipinski definition) is 3. The number of rotatable bonds is 10. The molecule has 2 rings (SSSR count). The fraction of sp³-hybridized carbons (Fsp3) is 0.182. The molecular weight excluding hydrogens is 404 g/mol. The van der Waals surface area contributed by atoms with Crippen molar-refractivity contribution in [3.8, 4) is 23.0 Å². The summed E-state index contributed by atoms with van der Waals surface area (Å²) in [4.78, 5) is 23.1. The molecule has 0 spiro atoms. The van der Waals surface area contributed by atoms with Crippen LogP contribution in [0.25, 0.3) is 6.08 Å². The second-order valence-corrected chi connectivity index (χ2v) is 6.00. The summed E-state index contributed by atoms with van der Waals surface area (Å²) < 4.78 is 21.2. The van der Waals surface area contributed by atoms with Crippen molar-refractivity contribution in [1.29, 1.82) is 0 Å². The van der Waals surface area contributed by atoms with Gasteiger partial charge < -0.3 is 34.7 Å². The first-order chi connectivity index (χ1) is 14.9. The molecule has 0 unspecified atom stereocenters. The molecule has 0 aromatic heterocycles. The summed E-state index contributed by atoms with van der Waals surface area (Å²) in [7, 11) is 6.04. The van der Waals surface area contributed by atoms with E-state index >= 15 is 0 Å². The lowest BCUT2D eigenvalue weighted by Gasteiger charge is -2.13. The third-order valence-corrected chi connectivity index (χ3v) is 4.09. The molecule has 2 aromatic rings. The molecule has 9 nitrogen and oxygen atoms in total. The number of carboxylic acids is 1. The number of methoxy groups -OCH3 is 4. The summed E-state index contributed by atoms with van der Waals surface area (Å²) in [5, 5.41) is 14.2. The van der Waals surface area contributed by atoms with Gasteiger partial charge in [-0.25, -0.2) is 4.79 Å². The van der Waals surface area contributed by atoms with E-state index in [0.717, 1.165) is 6.08 Å². The molecule has 31 heavy (non-hydrogen) atoms. The van der Waals surface area contributed by atoms with E-state index in [4.69, 9.17) is 24.1 Å². The predicted molar refractivity (Wildman–Crippen MR) is 117 cm³/mol. The first kappa shape index (κ1) is 23.1. The second kappa shape index (κ2) is 11.1. The van der Waals surface area contributed by atoms with Crippen LogP contribution < -0.4 is 29.6 Å². The molecule has 0 aliphatic rings. The van der Waals surface area contributed by atoms with Gasteiger partial charge in [-0.2, -0.15) is 0 Å². The molecular formula is C22H24N2O7. The van der Waals surface area contributed by atoms with Crippen LogP contribution in [0.4, 0.5) is 11.4 Å². The smallest absolute Gasteiger partial charge is 0.329 e. The normalized spacial score (nSPS) is 10.7. The number of hydrogen-bond acceptors (Lipinski definition) is 7. The summed E-state index contributed by atoms with van der Waals surface area (Å²) in [6.07, 6.45) is 5.12. The maximum Gasteiger partial charge on any atom is 0.329 e. The van der Waals surface area contributed by atoms with Crippen LogP contribution in [0.3, 0.4) is 0 Å². The van der Waals surface area contributed by atoms with Gasteiger partial charge in [-0.1, -0.05) is 0 Å². The Kier molecular flexibility index (Phi) is 8.32. The van der Waals surface area contributed by atoms with Crippen LogP contribution in [0.1, 0.15) is 5.56 Å². The fourth-order valence-electron chi connectivity index (χ4n) is 2.64. The van der Waals surface area contributed by atoms with Gasteiger partial charge in [0.2, 0.25) is 5.91 Å². The second-order valence-electron chi connectivity index (χ2n) is 6.00. The third kappa shape index (κ3) is 6.43. The SMILES string of the molecule is COc1cc(OC)c(C=CC(=O)Nc2ccc(OC)c(NC=CC(=O)O)c2)c(OC)c1. The minimum atomic E-state index is -1.09. The molecule has 2 aromatic carbocycles. The number of aliphatic carboxylic acids is 1. The maximum absolute atomic E-state index is 12.4. The van der Waals surface area contributed by atoms with E-state index in [9.17, 15) is 9.59 Å². The predicted octanol–water partition coefficient (Wildman–Crippen LogP) is 3.38. The zero-order chi connectivity index (χ0) is 22.8. The van der Waals surface area contributed by atoms with E-state index in [1.54, 1.807) is 36.4 Å². The van der Waals surface area contributed by atoms with Gasteiger partial charge in [0, 0.05) is 36.2 Å². The van der Waals surface area contributed by atoms with Crippen LogP contribution in [0, 0.1) is 0 Å². The Morgan fingerprint density at radius 3 is 2.06 bits per heavy atom. The van der Waals surface area contributed by atoms with E-state index in [0.29, 0.717) is 39.9 Å². The lowest BCUT2D eigenvalue weighted by Crippen LogP contribution is -2.08. The summed E-state index contributed by atoms with van der Waals surface area (Å²) >= 11 is 0. The Bertz CT molecular complexity index is 974. The molecule has 0 fully saturated rings. The first-order valence-corrected chi connectivity index (χ1v) is 9.05. The zero-order valence-corrected chi connectivity index (χ0v) is 17.6. The summed E-state index contributed by atoms with van der Waals surface area (Å²) in [5.74, 6) is 0.534. The molecule has 0 bridgehead atoms. The molecule has 9 heteroatoms. The number of nitrogens with one attached hydrogen (secondary N) is 2. The van der Waals surface area contributed by atoms with Crippen LogP contribution in [0.5, 0.6) is 23.0 Å². The van der Waals surface area contributed by atoms with Crippen molar-refractivity contribution in [2.45, 2.75) is 0 Å². The van der Waals surface area contributed by atoms with Crippen molar-refractivity contribution in [2.75, 3.05) is 39.1 Å². The number of ether oxygens (including phenoxy) is 4. The minimum absolute atomic E-state index is 0.392. The number of amides is 1. The molecule has 0 saturated heterocycles. The number of carbonyl (C=O) groups is 2. The zero-order valence-electron chi connectivity index (χ0n) is 17.6. The van der Waals surface area contributed by atoms with E-state index in [-0.39, 0.29) is 0 Å². The van der Waals surface area contributed by atoms with Crippen LogP contribution >= 0.6 is 0 Å². The highest BCUT2D eigenvalue weighted by Gasteiger charge is 2.11. The largest absolute Gasteiger partial charge is 0.496 e. The maximum atomic E-state index is 12.4. The average Bonchev–Trinajstić information content (AvgIpc) is 2.77. The van der Waals surface area contributed by atoms with Gasteiger partial charge in [-0.3, -0.25) is 4.79 Å². The molecule has 0 saturated carbocycles. The van der Waals surface area contributed by atoms with Crippen LogP contribution in [-0.4, -0.2) is 45.4 Å². The topological polar surface area (TPSA) is 115 Å². The van der Waals surface area contributed by atoms with Crippen LogP contribution in [0.2, 0.25) is 0 Å². The monoisotopic (exact) mass is 428 g/mol. The summed E-state index contributed by atoms with van der Waals surface area (Å²) in [5.41, 5.74) is 1.55. The van der Waals surface area contributed by atoms with E-state index in [1.807, 2.05) is 0 Å². The highest BCUT2D eigenvalue weighted by atomic mass is 16.5. The number of anilines is 2. The molecule has 0 radical (unpaired) electrons. The molecule has 164 valence electrons. The van der Waals surface area contributed by atoms with Crippen molar-refractivity contribution in [2.24, 2.45) is 0 Å².